The summed E-state index contributed by atoms with van der Waals surface area (Å²) in [7, 11) is 0. The van der Waals surface area contributed by atoms with Crippen LogP contribution in [0.1, 0.15) is 54.4 Å². The van der Waals surface area contributed by atoms with Gasteiger partial charge < -0.3 is 10.1 Å². The molecular weight excluding hydrogens is 240 g/mol. The molecule has 4 nitrogen and oxygen atoms in total. The van der Waals surface area contributed by atoms with Crippen LogP contribution < -0.4 is 5.32 Å². The Kier molecular flexibility index (Phi) is 5.25. The van der Waals surface area contributed by atoms with Crippen LogP contribution in [0.4, 0.5) is 4.79 Å². The molecule has 0 spiro atoms. The van der Waals surface area contributed by atoms with Crippen molar-refractivity contribution in [2.24, 2.45) is 5.92 Å². The predicted molar refractivity (Wildman–Crippen MR) is 78.3 cm³/mol. The van der Waals surface area contributed by atoms with Crippen molar-refractivity contribution in [3.8, 4) is 0 Å². The minimum Gasteiger partial charge on any atom is -0.444 e. The maximum absolute atomic E-state index is 11.6. The van der Waals surface area contributed by atoms with E-state index in [2.05, 4.69) is 31.0 Å². The van der Waals surface area contributed by atoms with Crippen molar-refractivity contribution in [2.75, 3.05) is 19.6 Å². The molecule has 1 saturated heterocycles. The third-order valence-electron chi connectivity index (χ3n) is 3.40. The van der Waals surface area contributed by atoms with Gasteiger partial charge in [0.25, 0.3) is 0 Å². The number of ether oxygens (including phenoxy) is 1. The minimum absolute atomic E-state index is 0.213. The van der Waals surface area contributed by atoms with Gasteiger partial charge in [-0.05, 0) is 66.8 Å². The number of alkyl carbamates (subject to hydrolysis) is 1. The van der Waals surface area contributed by atoms with Crippen molar-refractivity contribution >= 4 is 6.09 Å². The van der Waals surface area contributed by atoms with Crippen molar-refractivity contribution in [3.05, 3.63) is 0 Å². The van der Waals surface area contributed by atoms with Crippen LogP contribution in [0.5, 0.6) is 0 Å². The van der Waals surface area contributed by atoms with E-state index < -0.39 is 5.60 Å². The Morgan fingerprint density at radius 1 is 1.26 bits per heavy atom. The van der Waals surface area contributed by atoms with Gasteiger partial charge in [-0.1, -0.05) is 0 Å². The van der Waals surface area contributed by atoms with Crippen molar-refractivity contribution in [1.82, 2.24) is 10.2 Å². The van der Waals surface area contributed by atoms with Crippen LogP contribution in [-0.4, -0.2) is 41.8 Å². The fourth-order valence-electron chi connectivity index (χ4n) is 2.38. The van der Waals surface area contributed by atoms with Crippen LogP contribution in [-0.2, 0) is 4.74 Å². The minimum atomic E-state index is -0.423. The second-order valence-electron chi connectivity index (χ2n) is 7.51. The maximum Gasteiger partial charge on any atom is 0.407 e. The van der Waals surface area contributed by atoms with E-state index in [1.165, 1.54) is 12.8 Å². The fraction of sp³-hybridized carbons (Fsp3) is 0.933. The van der Waals surface area contributed by atoms with Gasteiger partial charge in [0.1, 0.15) is 5.60 Å². The number of amides is 1. The zero-order chi connectivity index (χ0) is 14.7. The number of nitrogens with zero attached hydrogens (tertiary/aromatic N) is 1. The van der Waals surface area contributed by atoms with E-state index in [1.54, 1.807) is 0 Å². The van der Waals surface area contributed by atoms with Crippen LogP contribution in [0.2, 0.25) is 0 Å². The highest BCUT2D eigenvalue weighted by atomic mass is 16.6. The third kappa shape index (κ3) is 6.28. The molecule has 1 fully saturated rings. The lowest BCUT2D eigenvalue weighted by Crippen LogP contribution is -2.49. The fourth-order valence-corrected chi connectivity index (χ4v) is 2.38. The standard InChI is InChI=1S/C15H30N2O2/c1-14(2,3)17-9-7-8-12(11-17)10-16-13(18)19-15(4,5)6/h12H,7-11H2,1-6H3,(H,16,18). The summed E-state index contributed by atoms with van der Waals surface area (Å²) in [6.45, 7) is 15.3. The average Bonchev–Trinajstić information content (AvgIpc) is 2.23. The van der Waals surface area contributed by atoms with Gasteiger partial charge >= 0.3 is 6.09 Å². The lowest BCUT2D eigenvalue weighted by Gasteiger charge is -2.41. The second kappa shape index (κ2) is 6.12. The first-order chi connectivity index (χ1) is 8.58. The number of carbonyl (C=O) groups excluding carboxylic acids is 1. The smallest absolute Gasteiger partial charge is 0.407 e. The Morgan fingerprint density at radius 2 is 1.89 bits per heavy atom. The molecule has 0 radical (unpaired) electrons. The molecular formula is C15H30N2O2. The Bertz CT molecular complexity index is 302. The van der Waals surface area contributed by atoms with Gasteiger partial charge in [-0.3, -0.25) is 4.90 Å². The zero-order valence-corrected chi connectivity index (χ0v) is 13.4. The molecule has 0 aromatic heterocycles. The van der Waals surface area contributed by atoms with Gasteiger partial charge in [-0.2, -0.15) is 0 Å². The lowest BCUT2D eigenvalue weighted by molar-refractivity contribution is 0.0477. The highest BCUT2D eigenvalue weighted by Gasteiger charge is 2.28. The molecule has 1 aliphatic rings. The number of piperidine rings is 1. The molecule has 1 amide bonds. The first-order valence-corrected chi connectivity index (χ1v) is 7.30. The number of likely N-dealkylation sites (tertiary alicyclic amines) is 1. The van der Waals surface area contributed by atoms with Gasteiger partial charge in [-0.15, -0.1) is 0 Å². The molecule has 1 unspecified atom stereocenters. The van der Waals surface area contributed by atoms with Gasteiger partial charge in [0, 0.05) is 18.6 Å². The molecule has 112 valence electrons. The van der Waals surface area contributed by atoms with Crippen LogP contribution >= 0.6 is 0 Å². The molecule has 1 atom stereocenters. The first kappa shape index (κ1) is 16.3. The molecule has 0 saturated carbocycles. The Morgan fingerprint density at radius 3 is 2.42 bits per heavy atom. The summed E-state index contributed by atoms with van der Waals surface area (Å²) in [5, 5.41) is 2.89. The number of rotatable bonds is 2. The summed E-state index contributed by atoms with van der Waals surface area (Å²) in [5.74, 6) is 0.528. The third-order valence-corrected chi connectivity index (χ3v) is 3.40. The van der Waals surface area contributed by atoms with Crippen LogP contribution in [0.3, 0.4) is 0 Å². The molecule has 1 aliphatic heterocycles. The van der Waals surface area contributed by atoms with Gasteiger partial charge in [-0.25, -0.2) is 4.79 Å². The molecule has 1 rings (SSSR count). The number of carbonyl (C=O) groups is 1. The molecule has 4 heteroatoms. The summed E-state index contributed by atoms with van der Waals surface area (Å²) in [4.78, 5) is 14.1. The summed E-state index contributed by atoms with van der Waals surface area (Å²) >= 11 is 0. The van der Waals surface area contributed by atoms with E-state index in [0.29, 0.717) is 12.5 Å². The van der Waals surface area contributed by atoms with Crippen molar-refractivity contribution in [1.29, 1.82) is 0 Å². The van der Waals surface area contributed by atoms with Crippen molar-refractivity contribution < 1.29 is 9.53 Å². The Labute approximate surface area is 117 Å². The van der Waals surface area contributed by atoms with E-state index in [9.17, 15) is 4.79 Å². The highest BCUT2D eigenvalue weighted by Crippen LogP contribution is 2.23. The van der Waals surface area contributed by atoms with E-state index in [1.807, 2.05) is 20.8 Å². The maximum atomic E-state index is 11.6. The van der Waals surface area contributed by atoms with Gasteiger partial charge in [0.2, 0.25) is 0 Å². The Hall–Kier alpha value is -0.770. The largest absolute Gasteiger partial charge is 0.444 e. The summed E-state index contributed by atoms with van der Waals surface area (Å²) in [5.41, 5.74) is -0.210. The molecule has 0 aromatic rings. The topological polar surface area (TPSA) is 41.6 Å². The van der Waals surface area contributed by atoms with E-state index in [4.69, 9.17) is 4.74 Å². The van der Waals surface area contributed by atoms with Crippen molar-refractivity contribution in [2.45, 2.75) is 65.5 Å². The average molecular weight is 270 g/mol. The quantitative estimate of drug-likeness (QED) is 0.838. The molecule has 1 N–H and O–H groups in total. The highest BCUT2D eigenvalue weighted by molar-refractivity contribution is 5.67. The summed E-state index contributed by atoms with van der Waals surface area (Å²) in [6, 6.07) is 0. The number of hydrogen-bond acceptors (Lipinski definition) is 3. The van der Waals surface area contributed by atoms with E-state index in [0.717, 1.165) is 13.1 Å². The van der Waals surface area contributed by atoms with Crippen LogP contribution in [0.25, 0.3) is 0 Å². The summed E-state index contributed by atoms with van der Waals surface area (Å²) in [6.07, 6.45) is 2.08. The molecule has 0 bridgehead atoms. The van der Waals surface area contributed by atoms with Crippen LogP contribution in [0, 0.1) is 5.92 Å². The first-order valence-electron chi connectivity index (χ1n) is 7.30. The lowest BCUT2D eigenvalue weighted by atomic mass is 9.93. The second-order valence-corrected chi connectivity index (χ2v) is 7.51. The normalized spacial score (nSPS) is 22.1. The van der Waals surface area contributed by atoms with E-state index in [-0.39, 0.29) is 11.6 Å². The Balaban J connectivity index is 2.35. The predicted octanol–water partition coefficient (Wildman–Crippen LogP) is 3.02. The zero-order valence-electron chi connectivity index (χ0n) is 13.4. The molecule has 19 heavy (non-hydrogen) atoms. The number of hydrogen-bond donors (Lipinski definition) is 1. The molecule has 1 heterocycles. The molecule has 0 aliphatic carbocycles. The van der Waals surface area contributed by atoms with Gasteiger partial charge in [0.15, 0.2) is 0 Å². The monoisotopic (exact) mass is 270 g/mol. The molecule has 0 aromatic carbocycles. The van der Waals surface area contributed by atoms with Crippen molar-refractivity contribution in [3.63, 3.8) is 0 Å². The van der Waals surface area contributed by atoms with Gasteiger partial charge in [0.05, 0.1) is 0 Å². The van der Waals surface area contributed by atoms with Crippen LogP contribution in [0.15, 0.2) is 0 Å². The van der Waals surface area contributed by atoms with E-state index >= 15 is 0 Å². The summed E-state index contributed by atoms with van der Waals surface area (Å²) < 4.78 is 5.26. The SMILES string of the molecule is CC(C)(C)OC(=O)NCC1CCCN(C(C)(C)C)C1. The number of nitrogens with one attached hydrogen (secondary N) is 1.